The minimum Gasteiger partial charge on any atom is -0.497 e. The summed E-state index contributed by atoms with van der Waals surface area (Å²) in [5, 5.41) is 2.93. The molecule has 1 atom stereocenters. The molecule has 0 aliphatic heterocycles. The van der Waals surface area contributed by atoms with Gasteiger partial charge in [-0.25, -0.2) is 0 Å². The molecule has 1 N–H and O–H groups in total. The number of nitrogens with one attached hydrogen (secondary N) is 1. The molecule has 0 aromatic heterocycles. The Morgan fingerprint density at radius 2 is 1.70 bits per heavy atom. The van der Waals surface area contributed by atoms with E-state index < -0.39 is 0 Å². The van der Waals surface area contributed by atoms with Crippen molar-refractivity contribution in [2.24, 2.45) is 0 Å². The maximum atomic E-state index is 12.0. The third-order valence-electron chi connectivity index (χ3n) is 3.84. The third kappa shape index (κ3) is 4.74. The van der Waals surface area contributed by atoms with Gasteiger partial charge in [-0.15, -0.1) is 0 Å². The van der Waals surface area contributed by atoms with Gasteiger partial charge in [-0.3, -0.25) is 4.79 Å². The van der Waals surface area contributed by atoms with Crippen LogP contribution in [0, 0.1) is 13.8 Å². The first-order valence-corrected chi connectivity index (χ1v) is 7.63. The summed E-state index contributed by atoms with van der Waals surface area (Å²) in [7, 11) is 1.63. The van der Waals surface area contributed by atoms with Crippen molar-refractivity contribution in [2.75, 3.05) is 13.7 Å². The summed E-state index contributed by atoms with van der Waals surface area (Å²) in [5.41, 5.74) is 3.37. The quantitative estimate of drug-likeness (QED) is 0.887. The summed E-state index contributed by atoms with van der Waals surface area (Å²) in [5.74, 6) is 1.36. The van der Waals surface area contributed by atoms with Gasteiger partial charge in [0.05, 0.1) is 13.2 Å². The van der Waals surface area contributed by atoms with Crippen LogP contribution in [0.5, 0.6) is 11.5 Å². The summed E-state index contributed by atoms with van der Waals surface area (Å²) < 4.78 is 10.7. The van der Waals surface area contributed by atoms with Crippen molar-refractivity contribution in [1.82, 2.24) is 5.32 Å². The number of ether oxygens (including phenoxy) is 2. The van der Waals surface area contributed by atoms with Crippen LogP contribution in [-0.2, 0) is 4.79 Å². The van der Waals surface area contributed by atoms with Crippen molar-refractivity contribution in [3.8, 4) is 11.5 Å². The predicted octanol–water partition coefficient (Wildman–Crippen LogP) is 3.57. The van der Waals surface area contributed by atoms with Crippen LogP contribution in [-0.4, -0.2) is 19.6 Å². The average Bonchev–Trinajstić information content (AvgIpc) is 2.56. The first-order chi connectivity index (χ1) is 11.0. The van der Waals surface area contributed by atoms with E-state index in [-0.39, 0.29) is 18.6 Å². The van der Waals surface area contributed by atoms with Gasteiger partial charge in [0.1, 0.15) is 11.5 Å². The lowest BCUT2D eigenvalue weighted by Gasteiger charge is -2.15. The van der Waals surface area contributed by atoms with Crippen molar-refractivity contribution in [2.45, 2.75) is 26.8 Å². The Bertz CT molecular complexity index is 665. The Morgan fingerprint density at radius 3 is 2.30 bits per heavy atom. The van der Waals surface area contributed by atoms with E-state index in [1.54, 1.807) is 7.11 Å². The number of carbonyl (C=O) groups is 1. The van der Waals surface area contributed by atoms with Crippen molar-refractivity contribution < 1.29 is 14.3 Å². The van der Waals surface area contributed by atoms with Crippen LogP contribution >= 0.6 is 0 Å². The van der Waals surface area contributed by atoms with Gasteiger partial charge in [0.2, 0.25) is 0 Å². The predicted molar refractivity (Wildman–Crippen MR) is 91.0 cm³/mol. The number of amides is 1. The van der Waals surface area contributed by atoms with Gasteiger partial charge in [-0.05, 0) is 61.7 Å². The highest BCUT2D eigenvalue weighted by Gasteiger charge is 2.10. The molecule has 0 heterocycles. The lowest BCUT2D eigenvalue weighted by Crippen LogP contribution is -2.31. The second-order valence-electron chi connectivity index (χ2n) is 5.60. The molecule has 0 fully saturated rings. The molecular weight excluding hydrogens is 290 g/mol. The molecule has 0 saturated heterocycles. The Labute approximate surface area is 137 Å². The summed E-state index contributed by atoms with van der Waals surface area (Å²) in [6.07, 6.45) is 0. The van der Waals surface area contributed by atoms with Crippen LogP contribution in [0.15, 0.2) is 42.5 Å². The Morgan fingerprint density at radius 1 is 1.04 bits per heavy atom. The lowest BCUT2D eigenvalue weighted by molar-refractivity contribution is -0.123. The van der Waals surface area contributed by atoms with E-state index in [1.165, 1.54) is 5.56 Å². The summed E-state index contributed by atoms with van der Waals surface area (Å²) in [4.78, 5) is 12.0. The van der Waals surface area contributed by atoms with Gasteiger partial charge in [-0.1, -0.05) is 18.2 Å². The number of carbonyl (C=O) groups excluding carboxylic acids is 1. The number of rotatable bonds is 6. The van der Waals surface area contributed by atoms with E-state index in [2.05, 4.69) is 5.32 Å². The SMILES string of the molecule is COc1ccc([C@H](C)NC(=O)COc2ccc(C)c(C)c2)cc1. The number of methoxy groups -OCH3 is 1. The van der Waals surface area contributed by atoms with Crippen LogP contribution in [0.2, 0.25) is 0 Å². The summed E-state index contributed by atoms with van der Waals surface area (Å²) in [6, 6.07) is 13.4. The normalized spacial score (nSPS) is 11.7. The maximum absolute atomic E-state index is 12.0. The molecule has 0 aliphatic carbocycles. The number of aryl methyl sites for hydroxylation is 2. The maximum Gasteiger partial charge on any atom is 0.258 e. The fourth-order valence-electron chi connectivity index (χ4n) is 2.21. The van der Waals surface area contributed by atoms with E-state index in [4.69, 9.17) is 9.47 Å². The molecule has 0 radical (unpaired) electrons. The van der Waals surface area contributed by atoms with Gasteiger partial charge in [0.25, 0.3) is 5.91 Å². The Hall–Kier alpha value is -2.49. The second kappa shape index (κ2) is 7.68. The lowest BCUT2D eigenvalue weighted by atomic mass is 10.1. The molecule has 2 aromatic carbocycles. The zero-order valence-electron chi connectivity index (χ0n) is 14.1. The fraction of sp³-hybridized carbons (Fsp3) is 0.316. The smallest absolute Gasteiger partial charge is 0.258 e. The number of hydrogen-bond acceptors (Lipinski definition) is 3. The molecule has 23 heavy (non-hydrogen) atoms. The van der Waals surface area contributed by atoms with Gasteiger partial charge in [0, 0.05) is 0 Å². The molecule has 2 rings (SSSR count). The van der Waals surface area contributed by atoms with E-state index in [9.17, 15) is 4.79 Å². The van der Waals surface area contributed by atoms with Crippen LogP contribution in [0.4, 0.5) is 0 Å². The summed E-state index contributed by atoms with van der Waals surface area (Å²) in [6.45, 7) is 6.01. The van der Waals surface area contributed by atoms with Gasteiger partial charge >= 0.3 is 0 Å². The fourth-order valence-corrected chi connectivity index (χ4v) is 2.21. The minimum atomic E-state index is -0.147. The second-order valence-corrected chi connectivity index (χ2v) is 5.60. The first kappa shape index (κ1) is 16.9. The average molecular weight is 313 g/mol. The van der Waals surface area contributed by atoms with Gasteiger partial charge in [0.15, 0.2) is 6.61 Å². The van der Waals surface area contributed by atoms with E-state index in [0.29, 0.717) is 5.75 Å². The molecule has 0 unspecified atom stereocenters. The summed E-state index contributed by atoms with van der Waals surface area (Å²) >= 11 is 0. The molecule has 0 aliphatic rings. The minimum absolute atomic E-state index is 0.00297. The highest BCUT2D eigenvalue weighted by atomic mass is 16.5. The van der Waals surface area contributed by atoms with Crippen molar-refractivity contribution >= 4 is 5.91 Å². The van der Waals surface area contributed by atoms with E-state index >= 15 is 0 Å². The standard InChI is InChI=1S/C19H23NO3/c1-13-5-8-18(11-14(13)2)23-12-19(21)20-15(3)16-6-9-17(22-4)10-7-16/h5-11,15H,12H2,1-4H3,(H,20,21)/t15-/m0/s1. The molecular formula is C19H23NO3. The van der Waals surface area contributed by atoms with E-state index in [0.717, 1.165) is 16.9 Å². The largest absolute Gasteiger partial charge is 0.497 e. The molecule has 0 spiro atoms. The molecule has 4 nitrogen and oxygen atoms in total. The van der Waals surface area contributed by atoms with Crippen molar-refractivity contribution in [1.29, 1.82) is 0 Å². The highest BCUT2D eigenvalue weighted by Crippen LogP contribution is 2.18. The first-order valence-electron chi connectivity index (χ1n) is 7.63. The van der Waals surface area contributed by atoms with Gasteiger partial charge < -0.3 is 14.8 Å². The van der Waals surface area contributed by atoms with Crippen LogP contribution in [0.1, 0.15) is 29.7 Å². The molecule has 2 aromatic rings. The number of hydrogen-bond donors (Lipinski definition) is 1. The van der Waals surface area contributed by atoms with Crippen molar-refractivity contribution in [3.63, 3.8) is 0 Å². The molecule has 0 bridgehead atoms. The molecule has 0 saturated carbocycles. The zero-order valence-corrected chi connectivity index (χ0v) is 14.1. The van der Waals surface area contributed by atoms with Crippen LogP contribution < -0.4 is 14.8 Å². The number of benzene rings is 2. The Kier molecular flexibility index (Phi) is 5.63. The molecule has 1 amide bonds. The third-order valence-corrected chi connectivity index (χ3v) is 3.84. The molecule has 4 heteroatoms. The molecule has 122 valence electrons. The van der Waals surface area contributed by atoms with E-state index in [1.807, 2.05) is 63.2 Å². The topological polar surface area (TPSA) is 47.6 Å². The van der Waals surface area contributed by atoms with Crippen molar-refractivity contribution in [3.05, 3.63) is 59.2 Å². The highest BCUT2D eigenvalue weighted by molar-refractivity contribution is 5.78. The Balaban J connectivity index is 1.86. The van der Waals surface area contributed by atoms with Gasteiger partial charge in [-0.2, -0.15) is 0 Å². The van der Waals surface area contributed by atoms with Crippen LogP contribution in [0.25, 0.3) is 0 Å². The monoisotopic (exact) mass is 313 g/mol. The zero-order chi connectivity index (χ0) is 16.8. The van der Waals surface area contributed by atoms with Crippen LogP contribution in [0.3, 0.4) is 0 Å².